The van der Waals surface area contributed by atoms with Crippen molar-refractivity contribution in [2.24, 2.45) is 0 Å². The Morgan fingerprint density at radius 2 is 1.90 bits per heavy atom. The van der Waals surface area contributed by atoms with Crippen LogP contribution in [0.25, 0.3) is 0 Å². The molecule has 1 aromatic carbocycles. The minimum Gasteiger partial charge on any atom is -0.394 e. The van der Waals surface area contributed by atoms with Crippen molar-refractivity contribution >= 4 is 11.5 Å². The number of anilines is 2. The van der Waals surface area contributed by atoms with E-state index in [0.717, 1.165) is 30.5 Å². The molecule has 2 rings (SSSR count). The first-order valence-corrected chi connectivity index (χ1v) is 7.03. The van der Waals surface area contributed by atoms with Gasteiger partial charge in [0, 0.05) is 19.2 Å². The van der Waals surface area contributed by atoms with Crippen LogP contribution >= 0.6 is 0 Å². The second-order valence-electron chi connectivity index (χ2n) is 5.03. The number of aromatic nitrogens is 2. The average Bonchev–Trinajstić information content (AvgIpc) is 2.66. The Bertz CT molecular complexity index is 602. The van der Waals surface area contributed by atoms with Gasteiger partial charge in [0.15, 0.2) is 0 Å². The smallest absolute Gasteiger partial charge is 0.148 e. The van der Waals surface area contributed by atoms with Crippen LogP contribution in [-0.4, -0.2) is 16.3 Å². The van der Waals surface area contributed by atoms with E-state index in [1.165, 1.54) is 12.1 Å². The zero-order valence-corrected chi connectivity index (χ0v) is 12.3. The maximum Gasteiger partial charge on any atom is 0.148 e. The molecule has 0 bridgehead atoms. The molecule has 21 heavy (non-hydrogen) atoms. The van der Waals surface area contributed by atoms with Crippen LogP contribution < -0.4 is 11.1 Å². The normalized spacial score (nSPS) is 10.9. The molecule has 1 heterocycles. The van der Waals surface area contributed by atoms with Crippen molar-refractivity contribution in [1.29, 1.82) is 0 Å². The molecule has 1 aromatic heterocycles. The zero-order valence-electron chi connectivity index (χ0n) is 12.3. The van der Waals surface area contributed by atoms with E-state index in [1.54, 1.807) is 0 Å². The second-order valence-corrected chi connectivity index (χ2v) is 5.03. The molecular weight excluding hydrogens is 274 g/mol. The molecule has 6 heteroatoms. The van der Waals surface area contributed by atoms with Gasteiger partial charge in [0.25, 0.3) is 0 Å². The van der Waals surface area contributed by atoms with Crippen LogP contribution in [0.15, 0.2) is 18.2 Å². The van der Waals surface area contributed by atoms with Crippen molar-refractivity contribution in [3.8, 4) is 0 Å². The second kappa shape index (κ2) is 6.56. The fourth-order valence-electron chi connectivity index (χ4n) is 2.24. The van der Waals surface area contributed by atoms with Crippen molar-refractivity contribution in [3.05, 3.63) is 41.1 Å². The van der Waals surface area contributed by atoms with Gasteiger partial charge in [-0.05, 0) is 37.5 Å². The lowest BCUT2D eigenvalue weighted by molar-refractivity contribution is 0.579. The van der Waals surface area contributed by atoms with Crippen molar-refractivity contribution in [3.63, 3.8) is 0 Å². The van der Waals surface area contributed by atoms with Crippen LogP contribution in [-0.2, 0) is 13.0 Å². The third kappa shape index (κ3) is 3.71. The summed E-state index contributed by atoms with van der Waals surface area (Å²) in [6.45, 7) is 5.22. The maximum atomic E-state index is 13.1. The number of hydrogen-bond donors (Lipinski definition) is 2. The lowest BCUT2D eigenvalue weighted by Gasteiger charge is -2.10. The van der Waals surface area contributed by atoms with Gasteiger partial charge in [0.1, 0.15) is 17.5 Å². The van der Waals surface area contributed by atoms with Gasteiger partial charge in [-0.1, -0.05) is 6.92 Å². The van der Waals surface area contributed by atoms with Crippen molar-refractivity contribution in [1.82, 2.24) is 9.78 Å². The van der Waals surface area contributed by atoms with Crippen LogP contribution in [0.1, 0.15) is 24.6 Å². The predicted octanol–water partition coefficient (Wildman–Crippen LogP) is 3.12. The highest BCUT2D eigenvalue weighted by atomic mass is 19.1. The fraction of sp³-hybridized carbons (Fsp3) is 0.400. The summed E-state index contributed by atoms with van der Waals surface area (Å²) in [6.07, 6.45) is 1.45. The monoisotopic (exact) mass is 294 g/mol. The molecule has 0 aliphatic rings. The highest BCUT2D eigenvalue weighted by Gasteiger charge is 2.11. The van der Waals surface area contributed by atoms with E-state index in [2.05, 4.69) is 17.3 Å². The van der Waals surface area contributed by atoms with E-state index in [0.29, 0.717) is 24.2 Å². The third-order valence-corrected chi connectivity index (χ3v) is 3.24. The molecule has 0 fully saturated rings. The fourth-order valence-corrected chi connectivity index (χ4v) is 2.24. The van der Waals surface area contributed by atoms with E-state index >= 15 is 0 Å². The van der Waals surface area contributed by atoms with E-state index in [1.807, 2.05) is 11.6 Å². The molecule has 0 amide bonds. The molecule has 0 saturated heterocycles. The first-order valence-electron chi connectivity index (χ1n) is 7.03. The Balaban J connectivity index is 2.03. The van der Waals surface area contributed by atoms with Gasteiger partial charge in [-0.15, -0.1) is 0 Å². The summed E-state index contributed by atoms with van der Waals surface area (Å²) < 4.78 is 28.1. The number of hydrogen-bond acceptors (Lipinski definition) is 3. The SMILES string of the molecule is CCCn1nc(C)c(N)c1NCCc1cc(F)cc(F)c1. The summed E-state index contributed by atoms with van der Waals surface area (Å²) in [4.78, 5) is 0. The third-order valence-electron chi connectivity index (χ3n) is 3.24. The standard InChI is InChI=1S/C15H20F2N4/c1-3-6-21-15(14(18)10(2)20-21)19-5-4-11-7-12(16)9-13(17)8-11/h7-9,19H,3-6,18H2,1-2H3. The van der Waals surface area contributed by atoms with E-state index < -0.39 is 11.6 Å². The number of nitrogens with one attached hydrogen (secondary N) is 1. The Morgan fingerprint density at radius 3 is 2.52 bits per heavy atom. The number of benzene rings is 1. The van der Waals surface area contributed by atoms with E-state index in [-0.39, 0.29) is 0 Å². The van der Waals surface area contributed by atoms with E-state index in [9.17, 15) is 8.78 Å². The molecular formula is C15H20F2N4. The van der Waals surface area contributed by atoms with Crippen molar-refractivity contribution in [2.45, 2.75) is 33.2 Å². The number of nitrogens with zero attached hydrogens (tertiary/aromatic N) is 2. The molecule has 0 unspecified atom stereocenters. The number of nitrogens with two attached hydrogens (primary N) is 1. The van der Waals surface area contributed by atoms with Crippen LogP contribution in [0.2, 0.25) is 0 Å². The van der Waals surface area contributed by atoms with Gasteiger partial charge in [-0.2, -0.15) is 5.10 Å². The van der Waals surface area contributed by atoms with E-state index in [4.69, 9.17) is 5.73 Å². The molecule has 114 valence electrons. The Kier molecular flexibility index (Phi) is 4.77. The van der Waals surface area contributed by atoms with Gasteiger partial charge >= 0.3 is 0 Å². The molecule has 4 nitrogen and oxygen atoms in total. The van der Waals surface area contributed by atoms with Crippen molar-refractivity contribution < 1.29 is 8.78 Å². The summed E-state index contributed by atoms with van der Waals surface area (Å²) in [5.74, 6) is -0.348. The van der Waals surface area contributed by atoms with Gasteiger partial charge in [0.2, 0.25) is 0 Å². The van der Waals surface area contributed by atoms with Gasteiger partial charge in [-0.3, -0.25) is 0 Å². The first kappa shape index (κ1) is 15.3. The van der Waals surface area contributed by atoms with Crippen LogP contribution in [0.3, 0.4) is 0 Å². The van der Waals surface area contributed by atoms with Crippen molar-refractivity contribution in [2.75, 3.05) is 17.6 Å². The predicted molar refractivity (Wildman–Crippen MR) is 80.2 cm³/mol. The first-order chi connectivity index (χ1) is 10.0. The van der Waals surface area contributed by atoms with Crippen LogP contribution in [0.4, 0.5) is 20.3 Å². The zero-order chi connectivity index (χ0) is 15.4. The lowest BCUT2D eigenvalue weighted by atomic mass is 10.1. The Morgan fingerprint density at radius 1 is 1.24 bits per heavy atom. The number of rotatable bonds is 6. The molecule has 0 aliphatic heterocycles. The molecule has 3 N–H and O–H groups in total. The van der Waals surface area contributed by atoms with Crippen LogP contribution in [0.5, 0.6) is 0 Å². The van der Waals surface area contributed by atoms with Gasteiger partial charge < -0.3 is 11.1 Å². The topological polar surface area (TPSA) is 55.9 Å². The van der Waals surface area contributed by atoms with Gasteiger partial charge in [-0.25, -0.2) is 13.5 Å². The maximum absolute atomic E-state index is 13.1. The number of aryl methyl sites for hydroxylation is 2. The average molecular weight is 294 g/mol. The summed E-state index contributed by atoms with van der Waals surface area (Å²) >= 11 is 0. The Hall–Kier alpha value is -2.11. The number of halogens is 2. The number of nitrogen functional groups attached to an aromatic ring is 1. The minimum absolute atomic E-state index is 0.504. The molecule has 0 spiro atoms. The van der Waals surface area contributed by atoms with Gasteiger partial charge in [0.05, 0.1) is 11.4 Å². The minimum atomic E-state index is -0.559. The highest BCUT2D eigenvalue weighted by Crippen LogP contribution is 2.22. The summed E-state index contributed by atoms with van der Waals surface area (Å²) in [5, 5.41) is 7.57. The summed E-state index contributed by atoms with van der Waals surface area (Å²) in [7, 11) is 0. The molecule has 2 aromatic rings. The summed E-state index contributed by atoms with van der Waals surface area (Å²) in [5.41, 5.74) is 8.00. The molecule has 0 radical (unpaired) electrons. The lowest BCUT2D eigenvalue weighted by Crippen LogP contribution is -2.12. The molecule has 0 aliphatic carbocycles. The quantitative estimate of drug-likeness (QED) is 0.860. The largest absolute Gasteiger partial charge is 0.394 e. The molecule has 0 saturated carbocycles. The highest BCUT2D eigenvalue weighted by molar-refractivity contribution is 5.64. The molecule has 0 atom stereocenters. The van der Waals surface area contributed by atoms with Crippen LogP contribution in [0, 0.1) is 18.6 Å². The summed E-state index contributed by atoms with van der Waals surface area (Å²) in [6, 6.07) is 3.54. The Labute approximate surface area is 123 Å².